The summed E-state index contributed by atoms with van der Waals surface area (Å²) in [5.74, 6) is 1.43. The van der Waals surface area contributed by atoms with Gasteiger partial charge in [-0.25, -0.2) is 0 Å². The second kappa shape index (κ2) is 9.00. The average Bonchev–Trinajstić information content (AvgIpc) is 3.56. The summed E-state index contributed by atoms with van der Waals surface area (Å²) < 4.78 is 13.3. The van der Waals surface area contributed by atoms with Crippen molar-refractivity contribution >= 4 is 46.2 Å². The number of aromatic nitrogens is 2. The Kier molecular flexibility index (Phi) is 5.79. The smallest absolute Gasteiger partial charge is 0.231 e. The normalized spacial score (nSPS) is 18.6. The summed E-state index contributed by atoms with van der Waals surface area (Å²) in [6, 6.07) is 19.3. The highest BCUT2D eigenvalue weighted by Gasteiger charge is 2.42. The number of hydrogen-bond donors (Lipinski definition) is 1. The number of halogens is 2. The number of rotatable bonds is 4. The molecule has 2 aliphatic heterocycles. The minimum atomic E-state index is -0.175. The van der Waals surface area contributed by atoms with Gasteiger partial charge >= 0.3 is 0 Å². The molecule has 36 heavy (non-hydrogen) atoms. The van der Waals surface area contributed by atoms with E-state index in [4.69, 9.17) is 44.9 Å². The molecule has 2 aliphatic rings. The molecule has 6 nitrogen and oxygen atoms in total. The Balaban J connectivity index is 1.53. The first-order valence-corrected chi connectivity index (χ1v) is 12.6. The van der Waals surface area contributed by atoms with Crippen LogP contribution in [-0.2, 0) is 0 Å². The van der Waals surface area contributed by atoms with Crippen molar-refractivity contribution in [3.8, 4) is 17.2 Å². The summed E-state index contributed by atoms with van der Waals surface area (Å²) in [7, 11) is 0. The summed E-state index contributed by atoms with van der Waals surface area (Å²) in [5.41, 5.74) is 5.83. The van der Waals surface area contributed by atoms with Crippen LogP contribution in [0.25, 0.3) is 5.69 Å². The van der Waals surface area contributed by atoms with Gasteiger partial charge in [0.15, 0.2) is 16.6 Å². The lowest BCUT2D eigenvalue weighted by molar-refractivity contribution is 0.174. The molecule has 6 rings (SSSR count). The van der Waals surface area contributed by atoms with Gasteiger partial charge in [0.2, 0.25) is 6.79 Å². The molecular weight excluding hydrogens is 515 g/mol. The van der Waals surface area contributed by atoms with E-state index in [1.54, 1.807) is 12.3 Å². The number of aryl methyl sites for hydroxylation is 1. The van der Waals surface area contributed by atoms with Crippen molar-refractivity contribution in [2.75, 3.05) is 11.7 Å². The van der Waals surface area contributed by atoms with Gasteiger partial charge in [0.05, 0.1) is 33.5 Å². The standard InChI is InChI=1S/C27H22Cl2N4O2S/c1-15-12-18(16(2)32(15)21-8-5-6-19(28)24(21)29)26-25(20-7-3-4-11-30-20)31-27(36)33(26)17-9-10-22-23(13-17)35-14-34-22/h3-13,25-26H,14H2,1-2H3,(H,31,36)/t25-,26+/m0/s1. The van der Waals surface area contributed by atoms with Crippen LogP contribution in [0, 0.1) is 13.8 Å². The van der Waals surface area contributed by atoms with Crippen molar-refractivity contribution < 1.29 is 9.47 Å². The third-order valence-corrected chi connectivity index (χ3v) is 7.82. The molecule has 1 N–H and O–H groups in total. The Morgan fingerprint density at radius 3 is 2.64 bits per heavy atom. The number of benzene rings is 2. The zero-order chi connectivity index (χ0) is 25.0. The predicted molar refractivity (Wildman–Crippen MR) is 146 cm³/mol. The molecule has 0 bridgehead atoms. The van der Waals surface area contributed by atoms with E-state index in [0.717, 1.165) is 39.8 Å². The second-order valence-corrected chi connectivity index (χ2v) is 9.94. The Labute approximate surface area is 224 Å². The molecule has 2 aromatic carbocycles. The highest BCUT2D eigenvalue weighted by Crippen LogP contribution is 2.46. The maximum atomic E-state index is 6.63. The van der Waals surface area contributed by atoms with Crippen LogP contribution in [0.5, 0.6) is 11.5 Å². The van der Waals surface area contributed by atoms with E-state index in [2.05, 4.69) is 39.7 Å². The minimum Gasteiger partial charge on any atom is -0.454 e. The first kappa shape index (κ1) is 23.2. The molecule has 0 amide bonds. The van der Waals surface area contributed by atoms with Crippen molar-refractivity contribution in [1.82, 2.24) is 14.9 Å². The molecular formula is C27H22Cl2N4O2S. The van der Waals surface area contributed by atoms with Crippen LogP contribution in [0.15, 0.2) is 66.9 Å². The fourth-order valence-corrected chi connectivity index (χ4v) is 5.83. The summed E-state index contributed by atoms with van der Waals surface area (Å²) in [5, 5.41) is 5.16. The highest BCUT2D eigenvalue weighted by atomic mass is 35.5. The molecule has 182 valence electrons. The third kappa shape index (κ3) is 3.70. The van der Waals surface area contributed by atoms with E-state index < -0.39 is 0 Å². The van der Waals surface area contributed by atoms with Gasteiger partial charge < -0.3 is 24.3 Å². The van der Waals surface area contributed by atoms with Crippen LogP contribution in [-0.4, -0.2) is 21.5 Å². The second-order valence-electron chi connectivity index (χ2n) is 8.77. The lowest BCUT2D eigenvalue weighted by Crippen LogP contribution is -2.29. The van der Waals surface area contributed by atoms with Crippen LogP contribution in [0.3, 0.4) is 0 Å². The zero-order valence-corrected chi connectivity index (χ0v) is 21.9. The Bertz CT molecular complexity index is 1490. The topological polar surface area (TPSA) is 51.6 Å². The van der Waals surface area contributed by atoms with Crippen LogP contribution in [0.2, 0.25) is 10.0 Å². The van der Waals surface area contributed by atoms with Crippen molar-refractivity contribution in [1.29, 1.82) is 0 Å². The van der Waals surface area contributed by atoms with Gasteiger partial charge in [-0.3, -0.25) is 4.98 Å². The number of nitrogens with zero attached hydrogens (tertiary/aromatic N) is 3. The predicted octanol–water partition coefficient (Wildman–Crippen LogP) is 6.70. The molecule has 4 aromatic rings. The van der Waals surface area contributed by atoms with E-state index in [0.29, 0.717) is 20.9 Å². The maximum absolute atomic E-state index is 6.63. The first-order valence-electron chi connectivity index (χ1n) is 11.5. The molecule has 0 radical (unpaired) electrons. The van der Waals surface area contributed by atoms with Crippen LogP contribution < -0.4 is 19.7 Å². The Morgan fingerprint density at radius 2 is 1.83 bits per heavy atom. The molecule has 2 aromatic heterocycles. The van der Waals surface area contributed by atoms with Crippen LogP contribution in [0.1, 0.15) is 34.7 Å². The molecule has 0 spiro atoms. The molecule has 2 atom stereocenters. The molecule has 1 fully saturated rings. The summed E-state index contributed by atoms with van der Waals surface area (Å²) in [6.45, 7) is 4.37. The monoisotopic (exact) mass is 536 g/mol. The van der Waals surface area contributed by atoms with Gasteiger partial charge in [0.25, 0.3) is 0 Å². The number of nitrogens with one attached hydrogen (secondary N) is 1. The SMILES string of the molecule is Cc1cc([C@@H]2[C@H](c3ccccn3)NC(=S)N2c2ccc3c(c2)OCO3)c(C)n1-c1cccc(Cl)c1Cl. The number of thiocarbonyl (C=S) groups is 1. The molecule has 0 saturated carbocycles. The van der Waals surface area contributed by atoms with Crippen LogP contribution in [0.4, 0.5) is 5.69 Å². The van der Waals surface area contributed by atoms with Gasteiger partial charge in [0, 0.05) is 29.3 Å². The quantitative estimate of drug-likeness (QED) is 0.293. The molecule has 9 heteroatoms. The zero-order valence-electron chi connectivity index (χ0n) is 19.5. The summed E-state index contributed by atoms with van der Waals surface area (Å²) in [6.07, 6.45) is 1.80. The molecule has 4 heterocycles. The van der Waals surface area contributed by atoms with Crippen molar-refractivity contribution in [3.63, 3.8) is 0 Å². The maximum Gasteiger partial charge on any atom is 0.231 e. The van der Waals surface area contributed by atoms with Crippen molar-refractivity contribution in [2.45, 2.75) is 25.9 Å². The molecule has 0 aliphatic carbocycles. The summed E-state index contributed by atoms with van der Waals surface area (Å²) >= 11 is 18.9. The number of ether oxygens (including phenoxy) is 2. The number of fused-ring (bicyclic) bond motifs is 1. The lowest BCUT2D eigenvalue weighted by atomic mass is 9.96. The van der Waals surface area contributed by atoms with Crippen molar-refractivity contribution in [2.24, 2.45) is 0 Å². The highest BCUT2D eigenvalue weighted by molar-refractivity contribution is 7.80. The van der Waals surface area contributed by atoms with E-state index >= 15 is 0 Å². The van der Waals surface area contributed by atoms with Crippen molar-refractivity contribution in [3.05, 3.63) is 99.6 Å². The average molecular weight is 537 g/mol. The van der Waals surface area contributed by atoms with Crippen LogP contribution >= 0.6 is 35.4 Å². The van der Waals surface area contributed by atoms with E-state index in [1.165, 1.54) is 0 Å². The van der Waals surface area contributed by atoms with Gasteiger partial charge in [-0.05, 0) is 74.1 Å². The molecule has 1 saturated heterocycles. The van der Waals surface area contributed by atoms with Gasteiger partial charge in [-0.15, -0.1) is 0 Å². The van der Waals surface area contributed by atoms with Gasteiger partial charge in [-0.1, -0.05) is 35.3 Å². The fourth-order valence-electron chi connectivity index (χ4n) is 5.11. The first-order chi connectivity index (χ1) is 17.4. The fraction of sp³-hybridized carbons (Fsp3) is 0.185. The van der Waals surface area contributed by atoms with Gasteiger partial charge in [-0.2, -0.15) is 0 Å². The Morgan fingerprint density at radius 1 is 1.00 bits per heavy atom. The largest absolute Gasteiger partial charge is 0.454 e. The van der Waals surface area contributed by atoms with E-state index in [1.807, 2.05) is 48.5 Å². The third-order valence-electron chi connectivity index (χ3n) is 6.69. The molecule has 0 unspecified atom stereocenters. The summed E-state index contributed by atoms with van der Waals surface area (Å²) in [4.78, 5) is 6.79. The van der Waals surface area contributed by atoms with Gasteiger partial charge in [0.1, 0.15) is 0 Å². The number of anilines is 1. The lowest BCUT2D eigenvalue weighted by Gasteiger charge is -2.28. The van der Waals surface area contributed by atoms with E-state index in [9.17, 15) is 0 Å². The van der Waals surface area contributed by atoms with E-state index in [-0.39, 0.29) is 18.9 Å². The minimum absolute atomic E-state index is 0.173. The number of pyridine rings is 1. The number of hydrogen-bond acceptors (Lipinski definition) is 4. The Hall–Kier alpha value is -3.26.